The first-order chi connectivity index (χ1) is 7.13. The van der Waals surface area contributed by atoms with Gasteiger partial charge in [0.25, 0.3) is 0 Å². The molecule has 0 atom stereocenters. The van der Waals surface area contributed by atoms with Crippen LogP contribution >= 0.6 is 15.9 Å². The monoisotopic (exact) mass is 265 g/mol. The second-order valence-electron chi connectivity index (χ2n) is 3.21. The molecule has 15 heavy (non-hydrogen) atoms. The van der Waals surface area contributed by atoms with Crippen LogP contribution in [0.4, 0.5) is 0 Å². The average Bonchev–Trinajstić information content (AvgIpc) is 2.20. The lowest BCUT2D eigenvalue weighted by molar-refractivity contribution is -0.128. The molecule has 0 bridgehead atoms. The Hall–Kier alpha value is -1.27. The average molecular weight is 266 g/mol. The van der Waals surface area contributed by atoms with Crippen molar-refractivity contribution in [3.63, 3.8) is 0 Å². The smallest absolute Gasteiger partial charge is 0.220 e. The highest BCUT2D eigenvalue weighted by Gasteiger charge is 2.07. The largest absolute Gasteiger partial charge is 0.327 e. The summed E-state index contributed by atoms with van der Waals surface area (Å²) in [4.78, 5) is 12.9. The fourth-order valence-corrected chi connectivity index (χ4v) is 1.46. The first-order valence-corrected chi connectivity index (χ1v) is 5.36. The van der Waals surface area contributed by atoms with Crippen LogP contribution in [0.3, 0.4) is 0 Å². The number of hydrogen-bond donors (Lipinski definition) is 0. The van der Waals surface area contributed by atoms with Gasteiger partial charge in [0.1, 0.15) is 0 Å². The number of carbonyl (C=O) groups is 1. The number of benzene rings is 1. The number of rotatable bonds is 3. The predicted octanol–water partition coefficient (Wildman–Crippen LogP) is 2.43. The lowest BCUT2D eigenvalue weighted by Crippen LogP contribution is -2.28. The van der Waals surface area contributed by atoms with Gasteiger partial charge in [-0.05, 0) is 17.7 Å². The van der Waals surface area contributed by atoms with Crippen molar-refractivity contribution in [1.29, 1.82) is 0 Å². The van der Waals surface area contributed by atoms with E-state index in [1.165, 1.54) is 6.92 Å². The fourth-order valence-electron chi connectivity index (χ4n) is 1.20. The van der Waals surface area contributed by atoms with Gasteiger partial charge in [-0.3, -0.25) is 4.79 Å². The van der Waals surface area contributed by atoms with E-state index in [0.717, 1.165) is 10.0 Å². The van der Waals surface area contributed by atoms with Crippen LogP contribution in [0.5, 0.6) is 0 Å². The topological polar surface area (TPSA) is 20.3 Å². The van der Waals surface area contributed by atoms with Gasteiger partial charge in [0.15, 0.2) is 0 Å². The van der Waals surface area contributed by atoms with E-state index in [-0.39, 0.29) is 5.91 Å². The zero-order chi connectivity index (χ0) is 11.3. The molecule has 0 saturated carbocycles. The number of hydrogen-bond acceptors (Lipinski definition) is 1. The summed E-state index contributed by atoms with van der Waals surface area (Å²) in [6.07, 6.45) is 5.19. The van der Waals surface area contributed by atoms with Crippen LogP contribution in [0, 0.1) is 12.3 Å². The molecule has 0 radical (unpaired) electrons. The molecule has 1 amide bonds. The summed E-state index contributed by atoms with van der Waals surface area (Å²) in [5, 5.41) is 0. The third kappa shape index (κ3) is 3.77. The summed E-state index contributed by atoms with van der Waals surface area (Å²) >= 11 is 3.36. The number of carbonyl (C=O) groups excluding carboxylic acids is 1. The fraction of sp³-hybridized carbons (Fsp3) is 0.250. The van der Waals surface area contributed by atoms with Crippen LogP contribution in [0.25, 0.3) is 0 Å². The summed E-state index contributed by atoms with van der Waals surface area (Å²) in [5.74, 6) is 2.47. The summed E-state index contributed by atoms with van der Waals surface area (Å²) in [5.41, 5.74) is 1.07. The maximum atomic E-state index is 11.2. The zero-order valence-electron chi connectivity index (χ0n) is 8.53. The van der Waals surface area contributed by atoms with E-state index in [2.05, 4.69) is 21.9 Å². The second-order valence-corrected chi connectivity index (χ2v) is 4.12. The Morgan fingerprint density at radius 1 is 1.47 bits per heavy atom. The Bertz CT molecular complexity index is 378. The van der Waals surface area contributed by atoms with E-state index in [0.29, 0.717) is 13.1 Å². The summed E-state index contributed by atoms with van der Waals surface area (Å²) in [7, 11) is 0. The molecule has 0 aliphatic carbocycles. The molecule has 0 aromatic heterocycles. The van der Waals surface area contributed by atoms with Gasteiger partial charge in [-0.15, -0.1) is 6.42 Å². The van der Waals surface area contributed by atoms with Crippen LogP contribution in [0.1, 0.15) is 12.5 Å². The molecule has 78 valence electrons. The molecule has 0 saturated heterocycles. The van der Waals surface area contributed by atoms with Gasteiger partial charge < -0.3 is 4.90 Å². The molecule has 1 rings (SSSR count). The van der Waals surface area contributed by atoms with Crippen molar-refractivity contribution >= 4 is 21.8 Å². The van der Waals surface area contributed by atoms with Crippen molar-refractivity contribution in [1.82, 2.24) is 4.90 Å². The van der Waals surface area contributed by atoms with Gasteiger partial charge >= 0.3 is 0 Å². The summed E-state index contributed by atoms with van der Waals surface area (Å²) in [6, 6.07) is 7.83. The lowest BCUT2D eigenvalue weighted by atomic mass is 10.2. The van der Waals surface area contributed by atoms with E-state index in [1.807, 2.05) is 24.3 Å². The highest BCUT2D eigenvalue weighted by atomic mass is 79.9. The number of halogens is 1. The van der Waals surface area contributed by atoms with E-state index in [1.54, 1.807) is 4.90 Å². The third-order valence-corrected chi connectivity index (χ3v) is 2.54. The predicted molar refractivity (Wildman–Crippen MR) is 64.1 cm³/mol. The van der Waals surface area contributed by atoms with Crippen molar-refractivity contribution in [2.45, 2.75) is 13.5 Å². The molecule has 0 heterocycles. The molecule has 0 aliphatic rings. The van der Waals surface area contributed by atoms with Gasteiger partial charge in [-0.25, -0.2) is 0 Å². The SMILES string of the molecule is C#CCN(Cc1ccc(Br)cc1)C(C)=O. The summed E-state index contributed by atoms with van der Waals surface area (Å²) in [6.45, 7) is 2.44. The van der Waals surface area contributed by atoms with Crippen molar-refractivity contribution in [2.24, 2.45) is 0 Å². The van der Waals surface area contributed by atoms with E-state index < -0.39 is 0 Å². The van der Waals surface area contributed by atoms with E-state index >= 15 is 0 Å². The Morgan fingerprint density at radius 3 is 2.53 bits per heavy atom. The first-order valence-electron chi connectivity index (χ1n) is 4.57. The van der Waals surface area contributed by atoms with Gasteiger partial charge in [0, 0.05) is 17.9 Å². The van der Waals surface area contributed by atoms with Crippen LogP contribution in [-0.4, -0.2) is 17.4 Å². The highest BCUT2D eigenvalue weighted by Crippen LogP contribution is 2.12. The highest BCUT2D eigenvalue weighted by molar-refractivity contribution is 9.10. The van der Waals surface area contributed by atoms with Gasteiger partial charge in [0.05, 0.1) is 6.54 Å². The summed E-state index contributed by atoms with van der Waals surface area (Å²) < 4.78 is 1.03. The van der Waals surface area contributed by atoms with Crippen LogP contribution < -0.4 is 0 Å². The van der Waals surface area contributed by atoms with Crippen molar-refractivity contribution < 1.29 is 4.79 Å². The maximum Gasteiger partial charge on any atom is 0.220 e. The zero-order valence-corrected chi connectivity index (χ0v) is 10.1. The molecule has 0 spiro atoms. The number of nitrogens with zero attached hydrogens (tertiary/aromatic N) is 1. The molecular formula is C12H12BrNO. The molecule has 0 fully saturated rings. The molecule has 0 N–H and O–H groups in total. The minimum atomic E-state index is -0.00383. The van der Waals surface area contributed by atoms with Crippen LogP contribution in [-0.2, 0) is 11.3 Å². The molecule has 1 aromatic rings. The van der Waals surface area contributed by atoms with E-state index in [9.17, 15) is 4.79 Å². The van der Waals surface area contributed by atoms with Gasteiger partial charge in [-0.1, -0.05) is 34.0 Å². The van der Waals surface area contributed by atoms with Crippen LogP contribution in [0.2, 0.25) is 0 Å². The molecule has 0 unspecified atom stereocenters. The lowest BCUT2D eigenvalue weighted by Gasteiger charge is -2.18. The second kappa shape index (κ2) is 5.57. The Balaban J connectivity index is 2.70. The van der Waals surface area contributed by atoms with Crippen molar-refractivity contribution in [3.8, 4) is 12.3 Å². The Labute approximate surface area is 98.4 Å². The number of amides is 1. The van der Waals surface area contributed by atoms with E-state index in [4.69, 9.17) is 6.42 Å². The molecule has 3 heteroatoms. The normalized spacial score (nSPS) is 9.40. The van der Waals surface area contributed by atoms with Gasteiger partial charge in [-0.2, -0.15) is 0 Å². The Kier molecular flexibility index (Phi) is 4.38. The van der Waals surface area contributed by atoms with Crippen molar-refractivity contribution in [2.75, 3.05) is 6.54 Å². The molecular weight excluding hydrogens is 254 g/mol. The minimum absolute atomic E-state index is 0.00383. The quantitative estimate of drug-likeness (QED) is 0.769. The first kappa shape index (κ1) is 11.8. The number of terminal acetylenes is 1. The van der Waals surface area contributed by atoms with Crippen LogP contribution in [0.15, 0.2) is 28.7 Å². The molecule has 0 aliphatic heterocycles. The Morgan fingerprint density at radius 2 is 2.07 bits per heavy atom. The maximum absolute atomic E-state index is 11.2. The minimum Gasteiger partial charge on any atom is -0.327 e. The third-order valence-electron chi connectivity index (χ3n) is 2.01. The van der Waals surface area contributed by atoms with Crippen molar-refractivity contribution in [3.05, 3.63) is 34.3 Å². The van der Waals surface area contributed by atoms with Gasteiger partial charge in [0.2, 0.25) is 5.91 Å². The molecule has 1 aromatic carbocycles. The molecule has 2 nitrogen and oxygen atoms in total. The standard InChI is InChI=1S/C12H12BrNO/c1-3-8-14(10(2)15)9-11-4-6-12(13)7-5-11/h1,4-7H,8-9H2,2H3.